The molecule has 17 heavy (non-hydrogen) atoms. The Labute approximate surface area is 113 Å². The number of aryl methyl sites for hydroxylation is 1. The summed E-state index contributed by atoms with van der Waals surface area (Å²) in [6, 6.07) is 7.81. The summed E-state index contributed by atoms with van der Waals surface area (Å²) in [4.78, 5) is 11.9. The predicted molar refractivity (Wildman–Crippen MR) is 76.1 cm³/mol. The Kier molecular flexibility index (Phi) is 3.97. The molecule has 0 aliphatic rings. The van der Waals surface area contributed by atoms with Crippen LogP contribution in [0.5, 0.6) is 0 Å². The highest BCUT2D eigenvalue weighted by atomic mass is 79.9. The largest absolute Gasteiger partial charge is 0.322 e. The highest BCUT2D eigenvalue weighted by Crippen LogP contribution is 2.17. The van der Waals surface area contributed by atoms with E-state index in [0.717, 1.165) is 22.1 Å². The third-order valence-electron chi connectivity index (χ3n) is 2.47. The van der Waals surface area contributed by atoms with Crippen LogP contribution in [-0.2, 0) is 5.33 Å². The van der Waals surface area contributed by atoms with E-state index in [1.807, 2.05) is 41.9 Å². The lowest BCUT2D eigenvalue weighted by molar-refractivity contribution is 0.102. The van der Waals surface area contributed by atoms with E-state index in [-0.39, 0.29) is 5.91 Å². The number of amides is 1. The third kappa shape index (κ3) is 2.96. The predicted octanol–water partition coefficient (Wildman–Crippen LogP) is 4.20. The first-order valence-electron chi connectivity index (χ1n) is 5.20. The lowest BCUT2D eigenvalue weighted by atomic mass is 10.2. The molecule has 1 amide bonds. The van der Waals surface area contributed by atoms with Gasteiger partial charge in [0, 0.05) is 16.4 Å². The van der Waals surface area contributed by atoms with Gasteiger partial charge in [-0.1, -0.05) is 28.1 Å². The zero-order valence-corrected chi connectivity index (χ0v) is 11.8. The molecule has 0 aliphatic carbocycles. The van der Waals surface area contributed by atoms with Gasteiger partial charge in [-0.2, -0.15) is 11.3 Å². The second-order valence-electron chi connectivity index (χ2n) is 3.75. The first-order chi connectivity index (χ1) is 8.20. The van der Waals surface area contributed by atoms with Gasteiger partial charge in [-0.05, 0) is 35.6 Å². The molecular weight excluding hydrogens is 298 g/mol. The number of rotatable bonds is 3. The molecule has 1 aromatic carbocycles. The minimum Gasteiger partial charge on any atom is -0.322 e. The van der Waals surface area contributed by atoms with Gasteiger partial charge in [0.25, 0.3) is 5.91 Å². The van der Waals surface area contributed by atoms with E-state index in [2.05, 4.69) is 21.2 Å². The van der Waals surface area contributed by atoms with Crippen LogP contribution in [0, 0.1) is 6.92 Å². The molecule has 1 aromatic heterocycles. The Bertz CT molecular complexity index is 518. The third-order valence-corrected chi connectivity index (χ3v) is 3.98. The van der Waals surface area contributed by atoms with Gasteiger partial charge in [0.1, 0.15) is 0 Å². The summed E-state index contributed by atoms with van der Waals surface area (Å²) in [6.07, 6.45) is 0. The Morgan fingerprint density at radius 1 is 1.29 bits per heavy atom. The Morgan fingerprint density at radius 3 is 2.53 bits per heavy atom. The molecule has 0 aliphatic heterocycles. The zero-order valence-electron chi connectivity index (χ0n) is 9.37. The normalized spacial score (nSPS) is 10.2. The standard InChI is InChI=1S/C13H12BrNOS/c1-9-7-17-8-12(9)13(16)15-11-4-2-10(6-14)3-5-11/h2-5,7-8H,6H2,1H3,(H,15,16). The molecule has 0 saturated heterocycles. The van der Waals surface area contributed by atoms with Crippen molar-refractivity contribution >= 4 is 38.9 Å². The highest BCUT2D eigenvalue weighted by molar-refractivity contribution is 9.08. The smallest absolute Gasteiger partial charge is 0.256 e. The maximum atomic E-state index is 11.9. The second-order valence-corrected chi connectivity index (χ2v) is 5.06. The van der Waals surface area contributed by atoms with Gasteiger partial charge in [0.2, 0.25) is 0 Å². The highest BCUT2D eigenvalue weighted by Gasteiger charge is 2.09. The maximum absolute atomic E-state index is 11.9. The number of nitrogens with one attached hydrogen (secondary N) is 1. The Morgan fingerprint density at radius 2 is 2.00 bits per heavy atom. The first kappa shape index (κ1) is 12.3. The molecule has 1 N–H and O–H groups in total. The van der Waals surface area contributed by atoms with Crippen molar-refractivity contribution in [2.24, 2.45) is 0 Å². The molecular formula is C13H12BrNOS. The number of thiophene rings is 1. The summed E-state index contributed by atoms with van der Waals surface area (Å²) in [5.41, 5.74) is 3.78. The second kappa shape index (κ2) is 5.47. The topological polar surface area (TPSA) is 29.1 Å². The van der Waals surface area contributed by atoms with Crippen LogP contribution in [0.1, 0.15) is 21.5 Å². The van der Waals surface area contributed by atoms with Gasteiger partial charge >= 0.3 is 0 Å². The number of carbonyl (C=O) groups excluding carboxylic acids is 1. The van der Waals surface area contributed by atoms with E-state index in [1.54, 1.807) is 11.3 Å². The van der Waals surface area contributed by atoms with Crippen molar-refractivity contribution in [2.45, 2.75) is 12.3 Å². The number of anilines is 1. The summed E-state index contributed by atoms with van der Waals surface area (Å²) in [6.45, 7) is 1.94. The molecule has 0 spiro atoms. The molecule has 2 aromatic rings. The van der Waals surface area contributed by atoms with Gasteiger partial charge in [-0.25, -0.2) is 0 Å². The fourth-order valence-corrected chi connectivity index (χ4v) is 2.67. The molecule has 0 radical (unpaired) electrons. The van der Waals surface area contributed by atoms with Crippen molar-refractivity contribution < 1.29 is 4.79 Å². The summed E-state index contributed by atoms with van der Waals surface area (Å²) >= 11 is 4.93. The average Bonchev–Trinajstić information content (AvgIpc) is 2.76. The summed E-state index contributed by atoms with van der Waals surface area (Å²) in [7, 11) is 0. The molecule has 1 heterocycles. The average molecular weight is 310 g/mol. The minimum atomic E-state index is -0.0460. The number of halogens is 1. The van der Waals surface area contributed by atoms with Crippen LogP contribution in [0.25, 0.3) is 0 Å². The van der Waals surface area contributed by atoms with Gasteiger partial charge in [-0.15, -0.1) is 0 Å². The van der Waals surface area contributed by atoms with Crippen LogP contribution in [0.2, 0.25) is 0 Å². The van der Waals surface area contributed by atoms with Crippen LogP contribution < -0.4 is 5.32 Å². The van der Waals surface area contributed by atoms with Crippen molar-refractivity contribution in [3.05, 3.63) is 51.7 Å². The Balaban J connectivity index is 2.10. The molecule has 2 nitrogen and oxygen atoms in total. The van der Waals surface area contributed by atoms with Crippen LogP contribution in [0.15, 0.2) is 35.0 Å². The van der Waals surface area contributed by atoms with E-state index in [1.165, 1.54) is 5.56 Å². The van der Waals surface area contributed by atoms with E-state index >= 15 is 0 Å². The van der Waals surface area contributed by atoms with Crippen molar-refractivity contribution in [1.82, 2.24) is 0 Å². The number of carbonyl (C=O) groups is 1. The number of alkyl halides is 1. The van der Waals surface area contributed by atoms with Crippen molar-refractivity contribution in [3.8, 4) is 0 Å². The minimum absolute atomic E-state index is 0.0460. The molecule has 0 bridgehead atoms. The molecule has 2 rings (SSSR count). The van der Waals surface area contributed by atoms with Crippen LogP contribution in [-0.4, -0.2) is 5.91 Å². The van der Waals surface area contributed by atoms with Crippen molar-refractivity contribution in [1.29, 1.82) is 0 Å². The van der Waals surface area contributed by atoms with Crippen LogP contribution >= 0.6 is 27.3 Å². The summed E-state index contributed by atoms with van der Waals surface area (Å²) in [5.74, 6) is -0.0460. The van der Waals surface area contributed by atoms with Gasteiger partial charge in [0.15, 0.2) is 0 Å². The van der Waals surface area contributed by atoms with E-state index in [0.29, 0.717) is 0 Å². The van der Waals surface area contributed by atoms with E-state index in [4.69, 9.17) is 0 Å². The number of hydrogen-bond acceptors (Lipinski definition) is 2. The Hall–Kier alpha value is -1.13. The summed E-state index contributed by atoms with van der Waals surface area (Å²) in [5, 5.41) is 7.56. The molecule has 0 fully saturated rings. The van der Waals surface area contributed by atoms with E-state index < -0.39 is 0 Å². The fraction of sp³-hybridized carbons (Fsp3) is 0.154. The molecule has 0 atom stereocenters. The van der Waals surface area contributed by atoms with Gasteiger partial charge < -0.3 is 5.32 Å². The van der Waals surface area contributed by atoms with Gasteiger partial charge in [-0.3, -0.25) is 4.79 Å². The monoisotopic (exact) mass is 309 g/mol. The van der Waals surface area contributed by atoms with E-state index in [9.17, 15) is 4.79 Å². The maximum Gasteiger partial charge on any atom is 0.256 e. The van der Waals surface area contributed by atoms with Crippen molar-refractivity contribution in [2.75, 3.05) is 5.32 Å². The lowest BCUT2D eigenvalue weighted by Gasteiger charge is -2.05. The van der Waals surface area contributed by atoms with Crippen LogP contribution in [0.4, 0.5) is 5.69 Å². The molecule has 0 unspecified atom stereocenters. The zero-order chi connectivity index (χ0) is 12.3. The van der Waals surface area contributed by atoms with Crippen LogP contribution in [0.3, 0.4) is 0 Å². The number of benzene rings is 1. The molecule has 88 valence electrons. The lowest BCUT2D eigenvalue weighted by Crippen LogP contribution is -2.11. The summed E-state index contributed by atoms with van der Waals surface area (Å²) < 4.78 is 0. The van der Waals surface area contributed by atoms with Gasteiger partial charge in [0.05, 0.1) is 5.56 Å². The molecule has 4 heteroatoms. The quantitative estimate of drug-likeness (QED) is 0.846. The molecule has 0 saturated carbocycles. The first-order valence-corrected chi connectivity index (χ1v) is 7.26. The number of hydrogen-bond donors (Lipinski definition) is 1. The van der Waals surface area contributed by atoms with Crippen molar-refractivity contribution in [3.63, 3.8) is 0 Å². The SMILES string of the molecule is Cc1cscc1C(=O)Nc1ccc(CBr)cc1. The fourth-order valence-electron chi connectivity index (χ4n) is 1.47.